The second kappa shape index (κ2) is 14.0. The molecule has 0 aliphatic carbocycles. The number of hydrogen-bond donors (Lipinski definition) is 1. The molecule has 4 heterocycles. The van der Waals surface area contributed by atoms with Crippen molar-refractivity contribution in [3.05, 3.63) is 71.8 Å². The van der Waals surface area contributed by atoms with E-state index in [0.717, 1.165) is 51.4 Å². The van der Waals surface area contributed by atoms with Gasteiger partial charge in [0.15, 0.2) is 0 Å². The molecule has 4 saturated heterocycles. The van der Waals surface area contributed by atoms with E-state index in [1.807, 2.05) is 12.1 Å². The van der Waals surface area contributed by atoms with Gasteiger partial charge in [-0.25, -0.2) is 4.57 Å². The highest BCUT2D eigenvalue weighted by Gasteiger charge is 2.42. The van der Waals surface area contributed by atoms with E-state index < -0.39 is 44.8 Å². The van der Waals surface area contributed by atoms with Gasteiger partial charge in [-0.3, -0.25) is 18.6 Å². The van der Waals surface area contributed by atoms with Crippen molar-refractivity contribution >= 4 is 19.8 Å². The number of piperidine rings is 2. The number of ether oxygens (including phenoxy) is 2. The number of phosphoric ester groups is 1. The number of benzene rings is 2. The van der Waals surface area contributed by atoms with Crippen LogP contribution in [0, 0.1) is 0 Å². The Morgan fingerprint density at radius 2 is 1.02 bits per heavy atom. The fourth-order valence-electron chi connectivity index (χ4n) is 7.75. The van der Waals surface area contributed by atoms with Crippen molar-refractivity contribution in [2.24, 2.45) is 0 Å². The van der Waals surface area contributed by atoms with Gasteiger partial charge in [-0.1, -0.05) is 60.7 Å². The maximum absolute atomic E-state index is 13.5. The molecule has 11 heteroatoms. The van der Waals surface area contributed by atoms with Crippen LogP contribution in [-0.2, 0) is 32.7 Å². The Bertz CT molecular complexity index is 1230. The Morgan fingerprint density at radius 3 is 1.36 bits per heavy atom. The van der Waals surface area contributed by atoms with Crippen molar-refractivity contribution in [2.45, 2.75) is 99.6 Å². The molecule has 4 bridgehead atoms. The van der Waals surface area contributed by atoms with E-state index in [9.17, 15) is 19.0 Å². The number of nitrogens with zero attached hydrogens (tertiary/aromatic N) is 2. The third kappa shape index (κ3) is 7.70. The molecule has 0 saturated carbocycles. The Morgan fingerprint density at radius 1 is 0.689 bits per heavy atom. The molecule has 1 N–H and O–H groups in total. The number of hydrogen-bond acceptors (Lipinski definition) is 9. The zero-order valence-electron chi connectivity index (χ0n) is 26.1. The van der Waals surface area contributed by atoms with Crippen LogP contribution in [0.2, 0.25) is 0 Å². The average Bonchev–Trinajstić information content (AvgIpc) is 3.34. The third-order valence-electron chi connectivity index (χ3n) is 10.5. The van der Waals surface area contributed by atoms with Crippen molar-refractivity contribution < 1.29 is 37.6 Å². The van der Waals surface area contributed by atoms with Crippen LogP contribution < -0.4 is 0 Å². The van der Waals surface area contributed by atoms with E-state index in [2.05, 4.69) is 23.9 Å². The van der Waals surface area contributed by atoms with Crippen LogP contribution in [0.1, 0.15) is 74.3 Å². The molecule has 6 rings (SSSR count). The van der Waals surface area contributed by atoms with Gasteiger partial charge in [0.1, 0.15) is 24.0 Å². The number of esters is 2. The molecule has 2 aromatic carbocycles. The van der Waals surface area contributed by atoms with Crippen LogP contribution in [-0.4, -0.2) is 90.3 Å². The van der Waals surface area contributed by atoms with Crippen molar-refractivity contribution in [1.29, 1.82) is 0 Å². The predicted octanol–water partition coefficient (Wildman–Crippen LogP) is 5.02. The number of phosphoric acid groups is 1. The summed E-state index contributed by atoms with van der Waals surface area (Å²) in [4.78, 5) is 42.4. The van der Waals surface area contributed by atoms with Gasteiger partial charge in [-0.2, -0.15) is 0 Å². The fourth-order valence-corrected chi connectivity index (χ4v) is 8.50. The Balaban J connectivity index is 1.08. The monoisotopic (exact) mass is 640 g/mol. The molecule has 8 atom stereocenters. The zero-order valence-corrected chi connectivity index (χ0v) is 27.0. The first-order valence-corrected chi connectivity index (χ1v) is 17.7. The molecule has 2 aromatic rings. The molecule has 10 nitrogen and oxygen atoms in total. The van der Waals surface area contributed by atoms with Gasteiger partial charge in [0.2, 0.25) is 0 Å². The van der Waals surface area contributed by atoms with Crippen molar-refractivity contribution in [3.8, 4) is 0 Å². The van der Waals surface area contributed by atoms with Crippen LogP contribution in [0.25, 0.3) is 0 Å². The summed E-state index contributed by atoms with van der Waals surface area (Å²) in [6.07, 6.45) is 7.10. The number of carbonyl (C=O) groups is 2. The first-order valence-electron chi connectivity index (χ1n) is 16.2. The first-order chi connectivity index (χ1) is 21.7. The molecular formula is C34H45N2O8P. The van der Waals surface area contributed by atoms with E-state index in [-0.39, 0.29) is 12.2 Å². The summed E-state index contributed by atoms with van der Waals surface area (Å²) < 4.78 is 35.9. The minimum atomic E-state index is -4.67. The van der Waals surface area contributed by atoms with E-state index in [1.54, 1.807) is 48.5 Å². The second-order valence-electron chi connectivity index (χ2n) is 13.1. The Hall–Kier alpha value is -2.59. The van der Waals surface area contributed by atoms with Gasteiger partial charge < -0.3 is 24.2 Å². The van der Waals surface area contributed by atoms with Gasteiger partial charge in [0.05, 0.1) is 13.2 Å². The van der Waals surface area contributed by atoms with E-state index in [0.29, 0.717) is 35.3 Å². The largest absolute Gasteiger partial charge is 0.472 e. The average molecular weight is 641 g/mol. The normalized spacial score (nSPS) is 30.7. The maximum atomic E-state index is 13.5. The van der Waals surface area contributed by atoms with E-state index in [1.165, 1.54) is 0 Å². The van der Waals surface area contributed by atoms with Crippen LogP contribution in [0.3, 0.4) is 0 Å². The second-order valence-corrected chi connectivity index (χ2v) is 14.6. The lowest BCUT2D eigenvalue weighted by atomic mass is 9.98. The molecule has 0 spiro atoms. The number of fused-ring (bicyclic) bond motifs is 4. The smallest absolute Gasteiger partial charge is 0.462 e. The lowest BCUT2D eigenvalue weighted by Gasteiger charge is -2.36. The Kier molecular flexibility index (Phi) is 10.1. The van der Waals surface area contributed by atoms with Crippen LogP contribution in [0.15, 0.2) is 60.7 Å². The molecular weight excluding hydrogens is 595 g/mol. The first kappa shape index (κ1) is 32.4. The summed E-state index contributed by atoms with van der Waals surface area (Å²) in [5, 5.41) is 0. The van der Waals surface area contributed by atoms with Gasteiger partial charge in [-0.05, 0) is 76.6 Å². The summed E-state index contributed by atoms with van der Waals surface area (Å²) >= 11 is 0. The molecule has 2 unspecified atom stereocenters. The standard InChI is InChI=1S/C34H45N2O8P/c1-35-25-13-14-26(35)18-29(17-25)43-33(37)31(23-9-5-3-6-10-23)21-41-45(39,40)42-22-32(24-11-7-4-8-12-24)34(38)44-30-19-27-15-16-28(20-30)36(27)2/h3-12,25-32H,13-22H2,1-2H3,(H,39,40)/t25-,26+,27-,28+,29+,30+,31?,32?. The van der Waals surface area contributed by atoms with Crippen LogP contribution >= 0.6 is 7.82 Å². The topological polar surface area (TPSA) is 115 Å². The molecule has 4 fully saturated rings. The summed E-state index contributed by atoms with van der Waals surface area (Å²) in [5.41, 5.74) is 1.24. The molecule has 4 aliphatic rings. The van der Waals surface area contributed by atoms with Crippen molar-refractivity contribution in [3.63, 3.8) is 0 Å². The highest BCUT2D eigenvalue weighted by atomic mass is 31.2. The fraction of sp³-hybridized carbons (Fsp3) is 0.588. The molecule has 244 valence electrons. The highest BCUT2D eigenvalue weighted by Crippen LogP contribution is 2.46. The molecule has 0 aromatic heterocycles. The summed E-state index contributed by atoms with van der Waals surface area (Å²) in [5.74, 6) is -2.81. The minimum absolute atomic E-state index is 0.202. The molecule has 45 heavy (non-hydrogen) atoms. The van der Waals surface area contributed by atoms with Crippen molar-refractivity contribution in [1.82, 2.24) is 9.80 Å². The molecule has 0 radical (unpaired) electrons. The third-order valence-corrected chi connectivity index (χ3v) is 11.4. The predicted molar refractivity (Wildman–Crippen MR) is 167 cm³/mol. The minimum Gasteiger partial charge on any atom is -0.462 e. The zero-order chi connectivity index (χ0) is 31.6. The number of carbonyl (C=O) groups excluding carboxylic acids is 2. The van der Waals surface area contributed by atoms with Gasteiger partial charge >= 0.3 is 19.8 Å². The van der Waals surface area contributed by atoms with Crippen molar-refractivity contribution in [2.75, 3.05) is 27.3 Å². The summed E-state index contributed by atoms with van der Waals surface area (Å²) in [6.45, 7) is -0.816. The van der Waals surface area contributed by atoms with E-state index >= 15 is 0 Å². The SMILES string of the molecule is CN1[C@@H]2CC[C@H]1C[C@@H](OC(=O)C(COP(=O)(O)OCC(C(=O)O[C@H]1C[C@H]3CC[C@@H](C1)N3C)c1ccccc1)c1ccccc1)C2. The lowest BCUT2D eigenvalue weighted by Crippen LogP contribution is -2.44. The lowest BCUT2D eigenvalue weighted by molar-refractivity contribution is -0.155. The summed E-state index contributed by atoms with van der Waals surface area (Å²) in [7, 11) is -0.421. The van der Waals surface area contributed by atoms with Gasteiger partial charge in [-0.15, -0.1) is 0 Å². The van der Waals surface area contributed by atoms with E-state index in [4.69, 9.17) is 18.5 Å². The molecule has 4 aliphatic heterocycles. The quantitative estimate of drug-likeness (QED) is 0.250. The Labute approximate surface area is 265 Å². The maximum Gasteiger partial charge on any atom is 0.472 e. The van der Waals surface area contributed by atoms with Gasteiger partial charge in [0, 0.05) is 24.2 Å². The van der Waals surface area contributed by atoms with Gasteiger partial charge in [0.25, 0.3) is 0 Å². The number of rotatable bonds is 12. The molecule has 0 amide bonds. The summed E-state index contributed by atoms with van der Waals surface area (Å²) in [6, 6.07) is 19.5. The van der Waals surface area contributed by atoms with Crippen LogP contribution in [0.5, 0.6) is 0 Å². The van der Waals surface area contributed by atoms with Crippen LogP contribution in [0.4, 0.5) is 0 Å². The highest BCUT2D eigenvalue weighted by molar-refractivity contribution is 7.47.